The number of hydrogen-bond acceptors (Lipinski definition) is 5. The Morgan fingerprint density at radius 1 is 1.53 bits per heavy atom. The second-order valence-corrected chi connectivity index (χ2v) is 5.65. The number of halogens is 3. The van der Waals surface area contributed by atoms with Gasteiger partial charge in [-0.25, -0.2) is 4.98 Å². The molecule has 1 fully saturated rings. The molecule has 0 amide bonds. The van der Waals surface area contributed by atoms with Crippen LogP contribution in [0.3, 0.4) is 0 Å². The molecule has 1 atom stereocenters. The van der Waals surface area contributed by atoms with Gasteiger partial charge in [0, 0.05) is 24.2 Å². The number of carbonyl (C=O) groups excluding carboxylic acids is 1. The van der Waals surface area contributed by atoms with Crippen LogP contribution in [0.2, 0.25) is 0 Å². The van der Waals surface area contributed by atoms with E-state index in [0.29, 0.717) is 23.6 Å². The first-order chi connectivity index (χ1) is 7.98. The van der Waals surface area contributed by atoms with E-state index in [0.717, 1.165) is 11.9 Å². The van der Waals surface area contributed by atoms with Crippen LogP contribution in [0, 0.1) is 0 Å². The summed E-state index contributed by atoms with van der Waals surface area (Å²) >= 11 is 2.02. The van der Waals surface area contributed by atoms with Crippen molar-refractivity contribution in [1.29, 1.82) is 0 Å². The van der Waals surface area contributed by atoms with Crippen LogP contribution >= 0.6 is 23.1 Å². The maximum atomic E-state index is 12.3. The summed E-state index contributed by atoms with van der Waals surface area (Å²) in [5, 5.41) is 2.02. The summed E-state index contributed by atoms with van der Waals surface area (Å²) in [7, 11) is 0. The molecule has 2 rings (SSSR count). The van der Waals surface area contributed by atoms with Crippen molar-refractivity contribution in [2.75, 3.05) is 18.1 Å². The van der Waals surface area contributed by atoms with Crippen LogP contribution < -0.4 is 5.32 Å². The third-order valence-corrected chi connectivity index (χ3v) is 4.35. The molecule has 1 aromatic rings. The highest BCUT2D eigenvalue weighted by atomic mass is 32.2. The number of ketones is 1. The monoisotopic (exact) mass is 282 g/mol. The lowest BCUT2D eigenvalue weighted by Crippen LogP contribution is -2.43. The number of thiazole rings is 1. The lowest BCUT2D eigenvalue weighted by atomic mass is 10.2. The number of hydrogen-bond donors (Lipinski definition) is 1. The Morgan fingerprint density at radius 2 is 2.29 bits per heavy atom. The van der Waals surface area contributed by atoms with E-state index in [-0.39, 0.29) is 10.7 Å². The molecule has 2 heterocycles. The fraction of sp³-hybridized carbons (Fsp3) is 0.556. The van der Waals surface area contributed by atoms with E-state index in [4.69, 9.17) is 0 Å². The van der Waals surface area contributed by atoms with E-state index in [1.165, 1.54) is 0 Å². The molecule has 1 N–H and O–H groups in total. The van der Waals surface area contributed by atoms with Crippen LogP contribution in [0.1, 0.15) is 14.7 Å². The number of nitrogens with one attached hydrogen (secondary N) is 1. The van der Waals surface area contributed by atoms with Crippen molar-refractivity contribution in [3.05, 3.63) is 16.1 Å². The third kappa shape index (κ3) is 2.99. The Morgan fingerprint density at radius 3 is 2.82 bits per heavy atom. The fourth-order valence-corrected chi connectivity index (χ4v) is 3.14. The predicted octanol–water partition coefficient (Wildman–Crippen LogP) is 2.05. The second kappa shape index (κ2) is 4.95. The van der Waals surface area contributed by atoms with Crippen LogP contribution in [-0.2, 0) is 6.18 Å². The van der Waals surface area contributed by atoms with Crippen LogP contribution in [-0.4, -0.2) is 34.9 Å². The molecule has 0 bridgehead atoms. The van der Waals surface area contributed by atoms with Gasteiger partial charge in [-0.1, -0.05) is 0 Å². The number of alkyl halides is 3. The summed E-state index contributed by atoms with van der Waals surface area (Å²) in [4.78, 5) is 15.2. The minimum absolute atomic E-state index is 0.0670. The maximum Gasteiger partial charge on any atom is 0.443 e. The van der Waals surface area contributed by atoms with Gasteiger partial charge in [0.05, 0.1) is 10.9 Å². The lowest BCUT2D eigenvalue weighted by Gasteiger charge is -2.20. The van der Waals surface area contributed by atoms with E-state index in [1.807, 2.05) is 0 Å². The summed E-state index contributed by atoms with van der Waals surface area (Å²) < 4.78 is 37.0. The van der Waals surface area contributed by atoms with Crippen molar-refractivity contribution >= 4 is 28.9 Å². The van der Waals surface area contributed by atoms with Gasteiger partial charge >= 0.3 is 6.18 Å². The number of aromatic nitrogens is 1. The molecule has 1 aromatic heterocycles. The molecule has 1 aliphatic rings. The third-order valence-electron chi connectivity index (χ3n) is 2.23. The average Bonchev–Trinajstić information content (AvgIpc) is 2.78. The zero-order valence-electron chi connectivity index (χ0n) is 8.58. The number of nitrogens with zero attached hydrogens (tertiary/aromatic N) is 1. The zero-order chi connectivity index (χ0) is 12.5. The van der Waals surface area contributed by atoms with Crippen LogP contribution in [0.15, 0.2) is 6.20 Å². The van der Waals surface area contributed by atoms with E-state index in [1.54, 1.807) is 11.8 Å². The molecule has 8 heteroatoms. The first-order valence-electron chi connectivity index (χ1n) is 4.87. The molecular weight excluding hydrogens is 273 g/mol. The largest absolute Gasteiger partial charge is 0.443 e. The Labute approximate surface area is 104 Å². The number of rotatable bonds is 2. The Bertz CT molecular complexity index is 413. The quantitative estimate of drug-likeness (QED) is 0.843. The number of carbonyl (C=O) groups is 1. The summed E-state index contributed by atoms with van der Waals surface area (Å²) in [5.41, 5.74) is 0. The van der Waals surface area contributed by atoms with E-state index >= 15 is 0 Å². The van der Waals surface area contributed by atoms with Crippen LogP contribution in [0.5, 0.6) is 0 Å². The molecule has 0 saturated carbocycles. The predicted molar refractivity (Wildman–Crippen MR) is 60.6 cm³/mol. The standard InChI is InChI=1S/C9H9F3N2OS2/c10-9(11,12)8-14-3-6(17-8)7(15)5-4-16-2-1-13-5/h3,5,13H,1-2,4H2. The molecule has 94 valence electrons. The molecule has 0 aromatic carbocycles. The average molecular weight is 282 g/mol. The molecule has 0 radical (unpaired) electrons. The van der Waals surface area contributed by atoms with E-state index in [2.05, 4.69) is 10.3 Å². The van der Waals surface area contributed by atoms with Gasteiger partial charge in [-0.05, 0) is 0 Å². The highest BCUT2D eigenvalue weighted by Gasteiger charge is 2.36. The zero-order valence-corrected chi connectivity index (χ0v) is 10.2. The normalized spacial score (nSPS) is 21.5. The summed E-state index contributed by atoms with van der Waals surface area (Å²) in [6.45, 7) is 0.700. The molecule has 0 aliphatic carbocycles. The summed E-state index contributed by atoms with van der Waals surface area (Å²) in [6, 6.07) is -0.393. The Balaban J connectivity index is 2.11. The molecule has 0 spiro atoms. The first-order valence-corrected chi connectivity index (χ1v) is 6.84. The SMILES string of the molecule is O=C(c1cnc(C(F)(F)F)s1)C1CSCCN1. The molecule has 17 heavy (non-hydrogen) atoms. The number of Topliss-reactive ketones (excluding diaryl/α,β-unsaturated/α-hetero) is 1. The molecule has 1 aliphatic heterocycles. The molecular formula is C9H9F3N2OS2. The number of thioether (sulfide) groups is 1. The summed E-state index contributed by atoms with van der Waals surface area (Å²) in [6.07, 6.45) is -3.46. The highest BCUT2D eigenvalue weighted by molar-refractivity contribution is 7.99. The van der Waals surface area contributed by atoms with Gasteiger partial charge < -0.3 is 5.32 Å². The van der Waals surface area contributed by atoms with Gasteiger partial charge in [0.1, 0.15) is 0 Å². The highest BCUT2D eigenvalue weighted by Crippen LogP contribution is 2.32. The van der Waals surface area contributed by atoms with Gasteiger partial charge in [0.15, 0.2) is 10.8 Å². The Kier molecular flexibility index (Phi) is 3.74. The molecule has 3 nitrogen and oxygen atoms in total. The van der Waals surface area contributed by atoms with E-state index in [9.17, 15) is 18.0 Å². The minimum Gasteiger partial charge on any atom is -0.306 e. The van der Waals surface area contributed by atoms with Gasteiger partial charge in [-0.15, -0.1) is 11.3 Å². The van der Waals surface area contributed by atoms with Crippen molar-refractivity contribution in [2.45, 2.75) is 12.2 Å². The van der Waals surface area contributed by atoms with Crippen molar-refractivity contribution in [2.24, 2.45) is 0 Å². The first kappa shape index (κ1) is 12.8. The van der Waals surface area contributed by atoms with E-state index < -0.39 is 17.2 Å². The second-order valence-electron chi connectivity index (χ2n) is 3.47. The summed E-state index contributed by atoms with van der Waals surface area (Å²) in [5.74, 6) is 1.21. The molecule has 1 unspecified atom stereocenters. The smallest absolute Gasteiger partial charge is 0.306 e. The van der Waals surface area contributed by atoms with Crippen LogP contribution in [0.4, 0.5) is 13.2 Å². The minimum atomic E-state index is -4.47. The Hall–Kier alpha value is -0.600. The van der Waals surface area contributed by atoms with Crippen molar-refractivity contribution < 1.29 is 18.0 Å². The fourth-order valence-electron chi connectivity index (χ4n) is 1.42. The van der Waals surface area contributed by atoms with Gasteiger partial charge in [0.25, 0.3) is 0 Å². The van der Waals surface area contributed by atoms with Crippen molar-refractivity contribution in [3.63, 3.8) is 0 Å². The topological polar surface area (TPSA) is 42.0 Å². The van der Waals surface area contributed by atoms with Crippen LogP contribution in [0.25, 0.3) is 0 Å². The van der Waals surface area contributed by atoms with Gasteiger partial charge in [-0.2, -0.15) is 24.9 Å². The van der Waals surface area contributed by atoms with Crippen molar-refractivity contribution in [3.8, 4) is 0 Å². The van der Waals surface area contributed by atoms with Gasteiger partial charge in [0.2, 0.25) is 0 Å². The molecule has 1 saturated heterocycles. The van der Waals surface area contributed by atoms with Gasteiger partial charge in [-0.3, -0.25) is 4.79 Å². The van der Waals surface area contributed by atoms with Crippen molar-refractivity contribution in [1.82, 2.24) is 10.3 Å². The lowest BCUT2D eigenvalue weighted by molar-refractivity contribution is -0.137. The maximum absolute atomic E-state index is 12.3.